The molecule has 1 fully saturated rings. The maximum Gasteiger partial charge on any atom is 0.227 e. The van der Waals surface area contributed by atoms with Crippen molar-refractivity contribution in [1.82, 2.24) is 4.90 Å². The van der Waals surface area contributed by atoms with Crippen LogP contribution in [0.3, 0.4) is 0 Å². The Morgan fingerprint density at radius 3 is 2.75 bits per heavy atom. The molecule has 0 bridgehead atoms. The summed E-state index contributed by atoms with van der Waals surface area (Å²) in [6.07, 6.45) is 2.76. The fourth-order valence-corrected chi connectivity index (χ4v) is 3.11. The van der Waals surface area contributed by atoms with Crippen molar-refractivity contribution in [2.75, 3.05) is 13.1 Å². The van der Waals surface area contributed by atoms with Crippen molar-refractivity contribution >= 4 is 5.91 Å². The Morgan fingerprint density at radius 1 is 1.35 bits per heavy atom. The zero-order valence-electron chi connectivity index (χ0n) is 12.9. The number of likely N-dealkylation sites (tertiary alicyclic amines) is 1. The van der Waals surface area contributed by atoms with Gasteiger partial charge in [0.2, 0.25) is 5.91 Å². The molecule has 1 aromatic carbocycles. The van der Waals surface area contributed by atoms with Crippen LogP contribution in [-0.4, -0.2) is 29.9 Å². The van der Waals surface area contributed by atoms with Gasteiger partial charge in [0.05, 0.1) is 6.42 Å². The van der Waals surface area contributed by atoms with E-state index in [0.717, 1.165) is 18.5 Å². The van der Waals surface area contributed by atoms with Gasteiger partial charge in [-0.2, -0.15) is 0 Å². The Bertz CT molecular complexity index is 484. The van der Waals surface area contributed by atoms with Gasteiger partial charge in [0.1, 0.15) is 0 Å². The van der Waals surface area contributed by atoms with Crippen LogP contribution in [0.2, 0.25) is 0 Å². The molecule has 1 aliphatic rings. The summed E-state index contributed by atoms with van der Waals surface area (Å²) < 4.78 is 0. The number of carbonyl (C=O) groups is 1. The van der Waals surface area contributed by atoms with Crippen LogP contribution in [0.5, 0.6) is 0 Å². The molecule has 2 N–H and O–H groups in total. The second-order valence-electron chi connectivity index (χ2n) is 6.11. The molecular weight excluding hydrogens is 248 g/mol. The Kier molecular flexibility index (Phi) is 4.81. The van der Waals surface area contributed by atoms with E-state index in [-0.39, 0.29) is 11.9 Å². The van der Waals surface area contributed by atoms with Crippen LogP contribution in [-0.2, 0) is 11.2 Å². The summed E-state index contributed by atoms with van der Waals surface area (Å²) in [4.78, 5) is 14.6. The molecule has 20 heavy (non-hydrogen) atoms. The van der Waals surface area contributed by atoms with E-state index in [0.29, 0.717) is 18.9 Å². The second-order valence-corrected chi connectivity index (χ2v) is 6.11. The molecule has 1 saturated heterocycles. The topological polar surface area (TPSA) is 46.3 Å². The highest BCUT2D eigenvalue weighted by Crippen LogP contribution is 2.23. The van der Waals surface area contributed by atoms with Crippen molar-refractivity contribution in [3.05, 3.63) is 34.9 Å². The van der Waals surface area contributed by atoms with Crippen LogP contribution >= 0.6 is 0 Å². The molecule has 0 saturated carbocycles. The number of piperidine rings is 1. The van der Waals surface area contributed by atoms with E-state index in [1.165, 1.54) is 17.5 Å². The summed E-state index contributed by atoms with van der Waals surface area (Å²) in [6, 6.07) is 6.49. The summed E-state index contributed by atoms with van der Waals surface area (Å²) >= 11 is 0. The highest BCUT2D eigenvalue weighted by atomic mass is 16.2. The lowest BCUT2D eigenvalue weighted by Gasteiger charge is -2.39. The maximum atomic E-state index is 12.5. The molecule has 2 atom stereocenters. The minimum Gasteiger partial charge on any atom is -0.338 e. The van der Waals surface area contributed by atoms with E-state index in [1.54, 1.807) is 0 Å². The van der Waals surface area contributed by atoms with Crippen molar-refractivity contribution < 1.29 is 4.79 Å². The van der Waals surface area contributed by atoms with Gasteiger partial charge < -0.3 is 10.6 Å². The number of benzene rings is 1. The molecule has 0 radical (unpaired) electrons. The number of amides is 1. The summed E-state index contributed by atoms with van der Waals surface area (Å²) in [5.74, 6) is 0.729. The van der Waals surface area contributed by atoms with Crippen LogP contribution in [0.1, 0.15) is 36.5 Å². The predicted octanol–water partition coefficient (Wildman–Crippen LogP) is 2.43. The lowest BCUT2D eigenvalue weighted by molar-refractivity contribution is -0.135. The number of carbonyl (C=O) groups excluding carboxylic acids is 1. The fourth-order valence-electron chi connectivity index (χ4n) is 3.11. The van der Waals surface area contributed by atoms with E-state index >= 15 is 0 Å². The molecule has 0 aromatic heterocycles. The Balaban J connectivity index is 2.08. The van der Waals surface area contributed by atoms with Crippen LogP contribution in [0.15, 0.2) is 18.2 Å². The molecule has 0 aliphatic carbocycles. The normalized spacial score (nSPS) is 22.9. The number of nitrogens with zero attached hydrogens (tertiary/aromatic N) is 1. The third-order valence-corrected chi connectivity index (χ3v) is 4.60. The first kappa shape index (κ1) is 15.0. The quantitative estimate of drug-likeness (QED) is 0.920. The van der Waals surface area contributed by atoms with Gasteiger partial charge >= 0.3 is 0 Å². The van der Waals surface area contributed by atoms with E-state index < -0.39 is 0 Å². The molecular formula is C17H26N2O. The smallest absolute Gasteiger partial charge is 0.227 e. The molecule has 0 spiro atoms. The first-order valence-electron chi connectivity index (χ1n) is 7.58. The number of hydrogen-bond donors (Lipinski definition) is 1. The van der Waals surface area contributed by atoms with Gasteiger partial charge in [-0.05, 0) is 49.3 Å². The van der Waals surface area contributed by atoms with Gasteiger partial charge in [-0.15, -0.1) is 0 Å². The SMILES string of the molecule is Cc1ccc(CC(=O)N2CCCC(C)C2CN)cc1C. The highest BCUT2D eigenvalue weighted by molar-refractivity contribution is 5.79. The van der Waals surface area contributed by atoms with Crippen molar-refractivity contribution in [3.8, 4) is 0 Å². The van der Waals surface area contributed by atoms with Crippen molar-refractivity contribution in [2.45, 2.75) is 46.1 Å². The molecule has 1 aromatic rings. The Morgan fingerprint density at radius 2 is 2.10 bits per heavy atom. The third-order valence-electron chi connectivity index (χ3n) is 4.60. The highest BCUT2D eigenvalue weighted by Gasteiger charge is 2.30. The molecule has 3 nitrogen and oxygen atoms in total. The van der Waals surface area contributed by atoms with E-state index in [2.05, 4.69) is 39.0 Å². The molecule has 1 amide bonds. The Hall–Kier alpha value is -1.35. The van der Waals surface area contributed by atoms with E-state index in [1.807, 2.05) is 4.90 Å². The van der Waals surface area contributed by atoms with E-state index in [4.69, 9.17) is 5.73 Å². The first-order chi connectivity index (χ1) is 9.52. The standard InChI is InChI=1S/C17H26N2O/c1-12-6-7-15(9-14(12)3)10-17(20)19-8-4-5-13(2)16(19)11-18/h6-7,9,13,16H,4-5,8,10-11,18H2,1-3H3. The maximum absolute atomic E-state index is 12.5. The van der Waals surface area contributed by atoms with Gasteiger partial charge in [-0.3, -0.25) is 4.79 Å². The number of aryl methyl sites for hydroxylation is 2. The van der Waals surface area contributed by atoms with Gasteiger partial charge in [-0.1, -0.05) is 25.1 Å². The van der Waals surface area contributed by atoms with Gasteiger partial charge in [-0.25, -0.2) is 0 Å². The number of hydrogen-bond acceptors (Lipinski definition) is 2. The first-order valence-corrected chi connectivity index (χ1v) is 7.58. The van der Waals surface area contributed by atoms with Crippen molar-refractivity contribution in [2.24, 2.45) is 11.7 Å². The number of rotatable bonds is 3. The Labute approximate surface area is 122 Å². The predicted molar refractivity (Wildman–Crippen MR) is 82.6 cm³/mol. The molecule has 3 heteroatoms. The molecule has 2 rings (SSSR count). The van der Waals surface area contributed by atoms with Gasteiger partial charge in [0, 0.05) is 19.1 Å². The lowest BCUT2D eigenvalue weighted by Crippen LogP contribution is -2.51. The molecule has 110 valence electrons. The molecule has 1 heterocycles. The molecule has 2 unspecified atom stereocenters. The minimum absolute atomic E-state index is 0.211. The van der Waals surface area contributed by atoms with Crippen molar-refractivity contribution in [1.29, 1.82) is 0 Å². The zero-order valence-corrected chi connectivity index (χ0v) is 12.9. The number of nitrogens with two attached hydrogens (primary N) is 1. The third kappa shape index (κ3) is 3.21. The summed E-state index contributed by atoms with van der Waals surface area (Å²) in [6.45, 7) is 7.81. The van der Waals surface area contributed by atoms with Crippen LogP contribution in [0.25, 0.3) is 0 Å². The zero-order chi connectivity index (χ0) is 14.7. The average Bonchev–Trinajstić information content (AvgIpc) is 2.42. The van der Waals surface area contributed by atoms with Crippen LogP contribution in [0.4, 0.5) is 0 Å². The largest absolute Gasteiger partial charge is 0.338 e. The summed E-state index contributed by atoms with van der Waals surface area (Å²) in [5, 5.41) is 0. The molecule has 1 aliphatic heterocycles. The fraction of sp³-hybridized carbons (Fsp3) is 0.588. The van der Waals surface area contributed by atoms with Crippen LogP contribution < -0.4 is 5.73 Å². The second kappa shape index (κ2) is 6.40. The lowest BCUT2D eigenvalue weighted by atomic mass is 9.90. The monoisotopic (exact) mass is 274 g/mol. The summed E-state index contributed by atoms with van der Waals surface area (Å²) in [7, 11) is 0. The van der Waals surface area contributed by atoms with Gasteiger partial charge in [0.15, 0.2) is 0 Å². The minimum atomic E-state index is 0.211. The van der Waals surface area contributed by atoms with E-state index in [9.17, 15) is 4.79 Å². The average molecular weight is 274 g/mol. The van der Waals surface area contributed by atoms with Crippen molar-refractivity contribution in [3.63, 3.8) is 0 Å². The van der Waals surface area contributed by atoms with Gasteiger partial charge in [0.25, 0.3) is 0 Å². The van der Waals surface area contributed by atoms with Crippen LogP contribution in [0, 0.1) is 19.8 Å². The summed E-state index contributed by atoms with van der Waals surface area (Å²) in [5.41, 5.74) is 9.49.